The summed E-state index contributed by atoms with van der Waals surface area (Å²) in [4.78, 5) is 19.5. The van der Waals surface area contributed by atoms with Crippen LogP contribution in [0.3, 0.4) is 0 Å². The fourth-order valence-corrected chi connectivity index (χ4v) is 4.15. The van der Waals surface area contributed by atoms with E-state index in [4.69, 9.17) is 23.2 Å². The zero-order valence-corrected chi connectivity index (χ0v) is 16.7. The van der Waals surface area contributed by atoms with Crippen LogP contribution in [0.15, 0.2) is 40.7 Å². The monoisotopic (exact) mass is 411 g/mol. The number of nitrogens with one attached hydrogen (secondary N) is 1. The highest BCUT2D eigenvalue weighted by Gasteiger charge is 2.18. The molecule has 25 heavy (non-hydrogen) atoms. The Labute approximate surface area is 165 Å². The minimum atomic E-state index is -0.271. The number of rotatable bonds is 4. The molecule has 0 aliphatic rings. The van der Waals surface area contributed by atoms with E-state index in [0.717, 1.165) is 20.8 Å². The third kappa shape index (κ3) is 3.87. The third-order valence-electron chi connectivity index (χ3n) is 3.88. The highest BCUT2D eigenvalue weighted by molar-refractivity contribution is 7.80. The van der Waals surface area contributed by atoms with Crippen LogP contribution < -0.4 is 10.2 Å². The Morgan fingerprint density at radius 1 is 1.28 bits per heavy atom. The van der Waals surface area contributed by atoms with Crippen molar-refractivity contribution in [1.82, 2.24) is 10.3 Å². The summed E-state index contributed by atoms with van der Waals surface area (Å²) in [6, 6.07) is 8.74. The number of carbonyl (C=O) groups excluding carboxylic acids is 1. The lowest BCUT2D eigenvalue weighted by atomic mass is 10.2. The molecule has 0 saturated heterocycles. The van der Waals surface area contributed by atoms with Crippen LogP contribution in [-0.4, -0.2) is 24.1 Å². The van der Waals surface area contributed by atoms with Gasteiger partial charge in [0, 0.05) is 22.7 Å². The summed E-state index contributed by atoms with van der Waals surface area (Å²) in [7, 11) is 1.89. The van der Waals surface area contributed by atoms with Crippen LogP contribution in [-0.2, 0) is 0 Å². The highest BCUT2D eigenvalue weighted by atomic mass is 35.5. The van der Waals surface area contributed by atoms with E-state index >= 15 is 0 Å². The zero-order valence-electron chi connectivity index (χ0n) is 13.5. The average molecular weight is 412 g/mol. The van der Waals surface area contributed by atoms with Crippen molar-refractivity contribution in [1.29, 1.82) is 0 Å². The van der Waals surface area contributed by atoms with E-state index in [0.29, 0.717) is 15.6 Å². The number of hydrogen-bond acceptors (Lipinski definition) is 5. The second kappa shape index (κ2) is 7.41. The Morgan fingerprint density at radius 3 is 2.64 bits per heavy atom. The smallest absolute Gasteiger partial charge is 0.252 e. The van der Waals surface area contributed by atoms with Gasteiger partial charge in [-0.3, -0.25) is 4.79 Å². The Kier molecular flexibility index (Phi) is 5.43. The summed E-state index contributed by atoms with van der Waals surface area (Å²) in [5.41, 5.74) is 3.96. The molecule has 0 fully saturated rings. The molecule has 1 atom stereocenters. The van der Waals surface area contributed by atoms with E-state index < -0.39 is 0 Å². The Balaban J connectivity index is 1.80. The number of fused-ring (bicyclic) bond motifs is 1. The maximum Gasteiger partial charge on any atom is 0.252 e. The Morgan fingerprint density at radius 2 is 1.96 bits per heavy atom. The molecule has 4 nitrogen and oxygen atoms in total. The van der Waals surface area contributed by atoms with Crippen molar-refractivity contribution in [3.8, 4) is 0 Å². The summed E-state index contributed by atoms with van der Waals surface area (Å²) in [6.07, 6.45) is -0.271. The lowest BCUT2D eigenvalue weighted by molar-refractivity contribution is 0.0940. The number of hydrogen-bond donors (Lipinski definition) is 2. The molecular weight excluding hydrogens is 397 g/mol. The number of amides is 1. The topological polar surface area (TPSA) is 45.2 Å². The normalized spacial score (nSPS) is 12.2. The van der Waals surface area contributed by atoms with E-state index in [1.54, 1.807) is 35.0 Å². The number of aromatic nitrogens is 1. The summed E-state index contributed by atoms with van der Waals surface area (Å²) < 4.78 is 1.08. The van der Waals surface area contributed by atoms with Crippen LogP contribution in [0.25, 0.3) is 10.2 Å². The van der Waals surface area contributed by atoms with Gasteiger partial charge in [-0.2, -0.15) is 0 Å². The molecule has 0 bridgehead atoms. The fourth-order valence-electron chi connectivity index (χ4n) is 2.45. The maximum atomic E-state index is 12.5. The molecule has 1 amide bonds. The second-order valence-electron chi connectivity index (χ2n) is 5.55. The van der Waals surface area contributed by atoms with E-state index in [1.165, 1.54) is 0 Å². The minimum absolute atomic E-state index is 0.251. The largest absolute Gasteiger partial charge is 0.354 e. The standard InChI is InChI=1S/C17H15Cl2N3OS2/c1-9(21-17(23)10-5-11(18)7-12(19)6-10)22(2)13-3-4-14-15(16(13)24)20-8-25-14/h3-9,24H,1-2H3,(H,21,23). The van der Waals surface area contributed by atoms with Gasteiger partial charge in [-0.15, -0.1) is 24.0 Å². The first-order chi connectivity index (χ1) is 11.9. The molecule has 0 spiro atoms. The van der Waals surface area contributed by atoms with Crippen LogP contribution in [0.4, 0.5) is 5.69 Å². The van der Waals surface area contributed by atoms with Gasteiger partial charge in [-0.1, -0.05) is 23.2 Å². The van der Waals surface area contributed by atoms with Gasteiger partial charge in [-0.05, 0) is 37.3 Å². The molecule has 0 radical (unpaired) electrons. The van der Waals surface area contributed by atoms with Gasteiger partial charge >= 0.3 is 0 Å². The lowest BCUT2D eigenvalue weighted by Gasteiger charge is -2.29. The molecule has 2 aromatic carbocycles. The zero-order chi connectivity index (χ0) is 18.1. The predicted molar refractivity (Wildman–Crippen MR) is 109 cm³/mol. The third-order valence-corrected chi connectivity index (χ3v) is 5.55. The van der Waals surface area contributed by atoms with Crippen LogP contribution in [0.1, 0.15) is 17.3 Å². The maximum absolute atomic E-state index is 12.5. The van der Waals surface area contributed by atoms with Crippen molar-refractivity contribution >= 4 is 69.0 Å². The van der Waals surface area contributed by atoms with Gasteiger partial charge < -0.3 is 10.2 Å². The molecule has 3 aromatic rings. The van der Waals surface area contributed by atoms with Gasteiger partial charge in [-0.25, -0.2) is 4.98 Å². The van der Waals surface area contributed by atoms with Gasteiger partial charge in [0.05, 0.1) is 32.5 Å². The first-order valence-corrected chi connectivity index (χ1v) is 9.50. The molecule has 130 valence electrons. The molecule has 1 aromatic heterocycles. The van der Waals surface area contributed by atoms with E-state index in [1.807, 2.05) is 31.0 Å². The fraction of sp³-hybridized carbons (Fsp3) is 0.176. The number of benzene rings is 2. The van der Waals surface area contributed by atoms with Crippen LogP contribution in [0, 0.1) is 0 Å². The molecular formula is C17H15Cl2N3OS2. The minimum Gasteiger partial charge on any atom is -0.354 e. The number of halogens is 2. The predicted octanol–water partition coefficient (Wildman–Crippen LogP) is 5.10. The highest BCUT2D eigenvalue weighted by Crippen LogP contribution is 2.33. The molecule has 1 N–H and O–H groups in total. The number of thiol groups is 1. The molecule has 1 unspecified atom stereocenters. The van der Waals surface area contributed by atoms with Crippen LogP contribution in [0.2, 0.25) is 10.0 Å². The van der Waals surface area contributed by atoms with E-state index in [2.05, 4.69) is 22.9 Å². The van der Waals surface area contributed by atoms with Crippen LogP contribution >= 0.6 is 47.2 Å². The van der Waals surface area contributed by atoms with Crippen molar-refractivity contribution in [2.24, 2.45) is 0 Å². The van der Waals surface area contributed by atoms with Crippen LogP contribution in [0.5, 0.6) is 0 Å². The summed E-state index contributed by atoms with van der Waals surface area (Å²) in [6.45, 7) is 1.89. The van der Waals surface area contributed by atoms with Crippen molar-refractivity contribution in [3.63, 3.8) is 0 Å². The first-order valence-electron chi connectivity index (χ1n) is 7.42. The summed E-state index contributed by atoms with van der Waals surface area (Å²) in [5, 5.41) is 3.78. The molecule has 0 saturated carbocycles. The van der Waals surface area contributed by atoms with E-state index in [-0.39, 0.29) is 12.1 Å². The van der Waals surface area contributed by atoms with Gasteiger partial charge in [0.15, 0.2) is 0 Å². The number of carbonyl (C=O) groups is 1. The molecule has 8 heteroatoms. The Bertz CT molecular complexity index is 925. The molecule has 1 heterocycles. The average Bonchev–Trinajstić information content (AvgIpc) is 3.03. The van der Waals surface area contributed by atoms with Gasteiger partial charge in [0.25, 0.3) is 5.91 Å². The number of thiazole rings is 1. The van der Waals surface area contributed by atoms with Crippen molar-refractivity contribution in [2.75, 3.05) is 11.9 Å². The van der Waals surface area contributed by atoms with E-state index in [9.17, 15) is 4.79 Å². The first kappa shape index (κ1) is 18.3. The van der Waals surface area contributed by atoms with Crippen molar-refractivity contribution in [2.45, 2.75) is 18.0 Å². The van der Waals surface area contributed by atoms with Gasteiger partial charge in [0.2, 0.25) is 0 Å². The second-order valence-corrected chi connectivity index (χ2v) is 7.76. The summed E-state index contributed by atoms with van der Waals surface area (Å²) >= 11 is 18.1. The molecule has 0 aliphatic heterocycles. The Hall–Kier alpha value is -1.47. The number of anilines is 1. The SMILES string of the molecule is CC(NC(=O)c1cc(Cl)cc(Cl)c1)N(C)c1ccc2scnc2c1S. The lowest BCUT2D eigenvalue weighted by Crippen LogP contribution is -2.44. The van der Waals surface area contributed by atoms with Crippen molar-refractivity contribution in [3.05, 3.63) is 51.5 Å². The summed E-state index contributed by atoms with van der Waals surface area (Å²) in [5.74, 6) is -0.251. The van der Waals surface area contributed by atoms with Gasteiger partial charge in [0.1, 0.15) is 0 Å². The molecule has 3 rings (SSSR count). The van der Waals surface area contributed by atoms with Crippen molar-refractivity contribution < 1.29 is 4.79 Å². The molecule has 0 aliphatic carbocycles. The quantitative estimate of drug-likeness (QED) is 0.463. The number of nitrogens with zero attached hydrogens (tertiary/aromatic N) is 2.